The van der Waals surface area contributed by atoms with Gasteiger partial charge in [0.2, 0.25) is 0 Å². The van der Waals surface area contributed by atoms with E-state index in [4.69, 9.17) is 0 Å². The van der Waals surface area contributed by atoms with Gasteiger partial charge < -0.3 is 5.32 Å². The molecule has 0 radical (unpaired) electrons. The Hall–Kier alpha value is -2.57. The molecule has 110 valence electrons. The second-order valence-electron chi connectivity index (χ2n) is 4.35. The number of nitro benzene ring substituents is 1. The Kier molecular flexibility index (Phi) is 4.11. The summed E-state index contributed by atoms with van der Waals surface area (Å²) in [6, 6.07) is 10.6. The highest BCUT2D eigenvalue weighted by Crippen LogP contribution is 2.29. The van der Waals surface area contributed by atoms with Crippen LogP contribution in [0.4, 0.5) is 24.5 Å². The number of halogens is 3. The molecule has 0 aliphatic rings. The second kappa shape index (κ2) is 5.82. The van der Waals surface area contributed by atoms with E-state index in [1.807, 2.05) is 0 Å². The SMILES string of the molecule is O=[N+]([O-])c1ccc(CNc2ccc(C(F)(F)F)cc2)cc1. The lowest BCUT2D eigenvalue weighted by Crippen LogP contribution is -2.05. The van der Waals surface area contributed by atoms with Crippen LogP contribution in [0.5, 0.6) is 0 Å². The zero-order valence-corrected chi connectivity index (χ0v) is 10.7. The highest BCUT2D eigenvalue weighted by molar-refractivity contribution is 5.46. The number of hydrogen-bond donors (Lipinski definition) is 1. The van der Waals surface area contributed by atoms with Gasteiger partial charge in [0, 0.05) is 24.4 Å². The molecule has 0 heterocycles. The minimum atomic E-state index is -4.35. The number of non-ortho nitro benzene ring substituents is 1. The van der Waals surface area contributed by atoms with Crippen molar-refractivity contribution in [3.05, 3.63) is 69.8 Å². The van der Waals surface area contributed by atoms with Crippen molar-refractivity contribution in [2.24, 2.45) is 0 Å². The third kappa shape index (κ3) is 3.95. The Balaban J connectivity index is 1.98. The molecule has 0 bridgehead atoms. The monoisotopic (exact) mass is 296 g/mol. The first-order valence-electron chi connectivity index (χ1n) is 6.01. The minimum Gasteiger partial charge on any atom is -0.381 e. The molecule has 0 unspecified atom stereocenters. The fourth-order valence-electron chi connectivity index (χ4n) is 1.72. The van der Waals surface area contributed by atoms with Gasteiger partial charge in [-0.2, -0.15) is 13.2 Å². The molecule has 2 aromatic carbocycles. The predicted molar refractivity (Wildman–Crippen MR) is 71.9 cm³/mol. The number of benzene rings is 2. The summed E-state index contributed by atoms with van der Waals surface area (Å²) < 4.78 is 37.2. The maximum absolute atomic E-state index is 12.4. The van der Waals surface area contributed by atoms with Gasteiger partial charge in [0.15, 0.2) is 0 Å². The fourth-order valence-corrected chi connectivity index (χ4v) is 1.72. The molecule has 1 N–H and O–H groups in total. The molecule has 0 fully saturated rings. The van der Waals surface area contributed by atoms with Crippen LogP contribution in [-0.2, 0) is 12.7 Å². The van der Waals surface area contributed by atoms with Crippen LogP contribution in [0.15, 0.2) is 48.5 Å². The Morgan fingerprint density at radius 2 is 1.57 bits per heavy atom. The van der Waals surface area contributed by atoms with Crippen molar-refractivity contribution in [3.63, 3.8) is 0 Å². The number of nitrogens with one attached hydrogen (secondary N) is 1. The van der Waals surface area contributed by atoms with Crippen LogP contribution in [0.3, 0.4) is 0 Å². The van der Waals surface area contributed by atoms with Crippen molar-refractivity contribution >= 4 is 11.4 Å². The van der Waals surface area contributed by atoms with Crippen molar-refractivity contribution in [1.29, 1.82) is 0 Å². The molecule has 0 saturated heterocycles. The largest absolute Gasteiger partial charge is 0.416 e. The van der Waals surface area contributed by atoms with Gasteiger partial charge in [-0.1, -0.05) is 12.1 Å². The van der Waals surface area contributed by atoms with Crippen LogP contribution in [0.1, 0.15) is 11.1 Å². The molecule has 2 rings (SSSR count). The van der Waals surface area contributed by atoms with E-state index in [1.54, 1.807) is 12.1 Å². The van der Waals surface area contributed by atoms with E-state index in [2.05, 4.69) is 5.32 Å². The van der Waals surface area contributed by atoms with E-state index in [0.717, 1.165) is 17.7 Å². The number of anilines is 1. The zero-order chi connectivity index (χ0) is 15.5. The van der Waals surface area contributed by atoms with Gasteiger partial charge >= 0.3 is 6.18 Å². The third-order valence-electron chi connectivity index (χ3n) is 2.86. The van der Waals surface area contributed by atoms with Gasteiger partial charge in [-0.05, 0) is 29.8 Å². The molecule has 0 spiro atoms. The average Bonchev–Trinajstić information content (AvgIpc) is 2.45. The fraction of sp³-hybridized carbons (Fsp3) is 0.143. The summed E-state index contributed by atoms with van der Waals surface area (Å²) >= 11 is 0. The lowest BCUT2D eigenvalue weighted by atomic mass is 10.2. The van der Waals surface area contributed by atoms with Crippen LogP contribution >= 0.6 is 0 Å². The number of nitro groups is 1. The minimum absolute atomic E-state index is 0.00622. The van der Waals surface area contributed by atoms with E-state index < -0.39 is 16.7 Å². The average molecular weight is 296 g/mol. The maximum atomic E-state index is 12.4. The van der Waals surface area contributed by atoms with E-state index in [9.17, 15) is 23.3 Å². The molecule has 4 nitrogen and oxygen atoms in total. The molecule has 0 saturated carbocycles. The van der Waals surface area contributed by atoms with Crippen molar-refractivity contribution in [3.8, 4) is 0 Å². The molecular formula is C14H11F3N2O2. The lowest BCUT2D eigenvalue weighted by molar-refractivity contribution is -0.384. The van der Waals surface area contributed by atoms with E-state index in [0.29, 0.717) is 12.2 Å². The number of nitrogens with zero attached hydrogens (tertiary/aromatic N) is 1. The van der Waals surface area contributed by atoms with Crippen LogP contribution < -0.4 is 5.32 Å². The van der Waals surface area contributed by atoms with Gasteiger partial charge in [0.25, 0.3) is 5.69 Å². The molecule has 2 aromatic rings. The Morgan fingerprint density at radius 1 is 1.00 bits per heavy atom. The first-order chi connectivity index (χ1) is 9.86. The van der Waals surface area contributed by atoms with Gasteiger partial charge in [0.05, 0.1) is 10.5 Å². The Bertz CT molecular complexity index is 622. The maximum Gasteiger partial charge on any atom is 0.416 e. The van der Waals surface area contributed by atoms with E-state index in [-0.39, 0.29) is 5.69 Å². The van der Waals surface area contributed by atoms with Crippen LogP contribution in [-0.4, -0.2) is 4.92 Å². The Morgan fingerprint density at radius 3 is 2.05 bits per heavy atom. The summed E-state index contributed by atoms with van der Waals surface area (Å²) in [5.41, 5.74) is 0.624. The van der Waals surface area contributed by atoms with E-state index >= 15 is 0 Å². The molecule has 0 amide bonds. The summed E-state index contributed by atoms with van der Waals surface area (Å²) in [6.07, 6.45) is -4.35. The number of alkyl halides is 3. The van der Waals surface area contributed by atoms with E-state index in [1.165, 1.54) is 24.3 Å². The smallest absolute Gasteiger partial charge is 0.381 e. The summed E-state index contributed by atoms with van der Waals surface area (Å²) in [7, 11) is 0. The zero-order valence-electron chi connectivity index (χ0n) is 10.7. The molecule has 0 aromatic heterocycles. The standard InChI is InChI=1S/C14H11F3N2O2/c15-14(16,17)11-3-5-12(6-4-11)18-9-10-1-7-13(8-2-10)19(20)21/h1-8,18H,9H2. The topological polar surface area (TPSA) is 55.2 Å². The molecule has 7 heteroatoms. The summed E-state index contributed by atoms with van der Waals surface area (Å²) in [6.45, 7) is 0.364. The Labute approximate surface area is 118 Å². The summed E-state index contributed by atoms with van der Waals surface area (Å²) in [4.78, 5) is 10.0. The lowest BCUT2D eigenvalue weighted by Gasteiger charge is -2.09. The van der Waals surface area contributed by atoms with Gasteiger partial charge in [-0.25, -0.2) is 0 Å². The molecule has 0 atom stereocenters. The second-order valence-corrected chi connectivity index (χ2v) is 4.35. The van der Waals surface area contributed by atoms with Crippen LogP contribution in [0, 0.1) is 10.1 Å². The van der Waals surface area contributed by atoms with Gasteiger partial charge in [0.1, 0.15) is 0 Å². The highest BCUT2D eigenvalue weighted by atomic mass is 19.4. The van der Waals surface area contributed by atoms with Crippen molar-refractivity contribution in [2.45, 2.75) is 12.7 Å². The molecule has 21 heavy (non-hydrogen) atoms. The third-order valence-corrected chi connectivity index (χ3v) is 2.86. The first-order valence-corrected chi connectivity index (χ1v) is 6.01. The normalized spacial score (nSPS) is 11.2. The first kappa shape index (κ1) is 14.8. The van der Waals surface area contributed by atoms with Crippen molar-refractivity contribution < 1.29 is 18.1 Å². The van der Waals surface area contributed by atoms with Crippen molar-refractivity contribution in [1.82, 2.24) is 0 Å². The quantitative estimate of drug-likeness (QED) is 0.678. The number of hydrogen-bond acceptors (Lipinski definition) is 3. The number of rotatable bonds is 4. The molecular weight excluding hydrogens is 285 g/mol. The van der Waals surface area contributed by atoms with Crippen LogP contribution in [0.2, 0.25) is 0 Å². The summed E-state index contributed by atoms with van der Waals surface area (Å²) in [5, 5.41) is 13.5. The molecule has 0 aliphatic heterocycles. The highest BCUT2D eigenvalue weighted by Gasteiger charge is 2.29. The molecule has 0 aliphatic carbocycles. The van der Waals surface area contributed by atoms with Crippen LogP contribution in [0.25, 0.3) is 0 Å². The van der Waals surface area contributed by atoms with Gasteiger partial charge in [-0.3, -0.25) is 10.1 Å². The predicted octanol–water partition coefficient (Wildman–Crippen LogP) is 4.23. The van der Waals surface area contributed by atoms with Gasteiger partial charge in [-0.15, -0.1) is 0 Å². The van der Waals surface area contributed by atoms with Crippen molar-refractivity contribution in [2.75, 3.05) is 5.32 Å². The summed E-state index contributed by atoms with van der Waals surface area (Å²) in [5.74, 6) is 0.